The first-order chi connectivity index (χ1) is 10.1. The number of aliphatic hydroxyl groups is 1. The van der Waals surface area contributed by atoms with E-state index in [2.05, 4.69) is 36.6 Å². The minimum Gasteiger partial charge on any atom is -0.394 e. The monoisotopic (exact) mass is 298 g/mol. The lowest BCUT2D eigenvalue weighted by atomic mass is 10.0. The molecule has 0 spiro atoms. The normalized spacial score (nSPS) is 18.7. The van der Waals surface area contributed by atoms with Crippen molar-refractivity contribution in [1.82, 2.24) is 9.80 Å². The third kappa shape index (κ3) is 9.25. The van der Waals surface area contributed by atoms with E-state index in [1.165, 1.54) is 38.0 Å². The Morgan fingerprint density at radius 2 is 1.81 bits per heavy atom. The Labute approximate surface area is 130 Å². The number of hydrogen-bond donors (Lipinski definition) is 1. The molecule has 0 radical (unpaired) electrons. The van der Waals surface area contributed by atoms with Gasteiger partial charge in [-0.05, 0) is 32.6 Å². The fraction of sp³-hybridized carbons (Fsp3) is 0.882. The maximum Gasteiger partial charge on any atom is 0.0698 e. The van der Waals surface area contributed by atoms with E-state index in [0.29, 0.717) is 6.61 Å². The van der Waals surface area contributed by atoms with E-state index in [1.807, 2.05) is 0 Å². The predicted molar refractivity (Wildman–Crippen MR) is 88.6 cm³/mol. The molecule has 1 atom stereocenters. The third-order valence-corrected chi connectivity index (χ3v) is 4.03. The lowest BCUT2D eigenvalue weighted by Crippen LogP contribution is -2.48. The summed E-state index contributed by atoms with van der Waals surface area (Å²) in [4.78, 5) is 5.06. The number of allylic oxidation sites excluding steroid dienone is 2. The van der Waals surface area contributed by atoms with Gasteiger partial charge in [-0.1, -0.05) is 18.6 Å². The van der Waals surface area contributed by atoms with Crippen molar-refractivity contribution in [3.63, 3.8) is 0 Å². The Balaban J connectivity index is 2.08. The highest BCUT2D eigenvalue weighted by atomic mass is 16.5. The van der Waals surface area contributed by atoms with Crippen molar-refractivity contribution in [3.05, 3.63) is 11.6 Å². The maximum atomic E-state index is 8.66. The lowest BCUT2D eigenvalue weighted by Gasteiger charge is -2.35. The van der Waals surface area contributed by atoms with Crippen molar-refractivity contribution in [2.75, 3.05) is 59.1 Å². The van der Waals surface area contributed by atoms with Gasteiger partial charge in [-0.3, -0.25) is 4.90 Å². The number of nitrogens with zero attached hydrogens (tertiary/aromatic N) is 2. The van der Waals surface area contributed by atoms with Crippen LogP contribution in [0.3, 0.4) is 0 Å². The molecule has 0 amide bonds. The zero-order chi connectivity index (χ0) is 15.5. The Bertz CT molecular complexity index is 283. The number of piperazine rings is 1. The van der Waals surface area contributed by atoms with Crippen LogP contribution < -0.4 is 0 Å². The van der Waals surface area contributed by atoms with E-state index in [1.54, 1.807) is 0 Å². The first kappa shape index (κ1) is 18.6. The van der Waals surface area contributed by atoms with Crippen LogP contribution in [0.2, 0.25) is 0 Å². The number of aliphatic hydroxyl groups excluding tert-OH is 1. The average Bonchev–Trinajstić information content (AvgIpc) is 2.45. The molecule has 0 saturated carbocycles. The molecule has 4 nitrogen and oxygen atoms in total. The van der Waals surface area contributed by atoms with Crippen molar-refractivity contribution < 1.29 is 9.84 Å². The van der Waals surface area contributed by atoms with Crippen LogP contribution in [0.5, 0.6) is 0 Å². The first-order valence-corrected chi connectivity index (χ1v) is 8.38. The summed E-state index contributed by atoms with van der Waals surface area (Å²) in [6.07, 6.45) is 4.85. The zero-order valence-corrected chi connectivity index (χ0v) is 14.2. The summed E-state index contributed by atoms with van der Waals surface area (Å²) >= 11 is 0. The number of hydrogen-bond acceptors (Lipinski definition) is 4. The lowest BCUT2D eigenvalue weighted by molar-refractivity contribution is 0.0551. The minimum atomic E-state index is 0.123. The van der Waals surface area contributed by atoms with Gasteiger partial charge in [0, 0.05) is 39.3 Å². The van der Waals surface area contributed by atoms with E-state index < -0.39 is 0 Å². The molecular weight excluding hydrogens is 264 g/mol. The van der Waals surface area contributed by atoms with Crippen LogP contribution in [0.25, 0.3) is 0 Å². The molecule has 1 aliphatic rings. The van der Waals surface area contributed by atoms with Gasteiger partial charge in [0.2, 0.25) is 0 Å². The average molecular weight is 298 g/mol. The molecule has 0 aromatic heterocycles. The Hall–Kier alpha value is -0.420. The summed E-state index contributed by atoms with van der Waals surface area (Å²) < 4.78 is 5.33. The van der Waals surface area contributed by atoms with Crippen LogP contribution in [0, 0.1) is 5.92 Å². The van der Waals surface area contributed by atoms with Crippen molar-refractivity contribution >= 4 is 0 Å². The SMILES string of the molecule is CC(C)=CCCC(C)CN1CCN(CCOCCO)CC1. The molecule has 0 aromatic rings. The summed E-state index contributed by atoms with van der Waals surface area (Å²) in [5.41, 5.74) is 1.43. The van der Waals surface area contributed by atoms with Crippen molar-refractivity contribution in [3.8, 4) is 0 Å². The van der Waals surface area contributed by atoms with Crippen LogP contribution in [0.4, 0.5) is 0 Å². The Morgan fingerprint density at radius 3 is 2.43 bits per heavy atom. The highest BCUT2D eigenvalue weighted by molar-refractivity contribution is 4.92. The van der Waals surface area contributed by atoms with Gasteiger partial charge in [0.15, 0.2) is 0 Å². The van der Waals surface area contributed by atoms with Crippen molar-refractivity contribution in [2.24, 2.45) is 5.92 Å². The molecule has 21 heavy (non-hydrogen) atoms. The van der Waals surface area contributed by atoms with Crippen LogP contribution in [0.1, 0.15) is 33.6 Å². The molecule has 4 heteroatoms. The maximum absolute atomic E-state index is 8.66. The molecule has 1 fully saturated rings. The van der Waals surface area contributed by atoms with Gasteiger partial charge in [0.1, 0.15) is 0 Å². The molecule has 1 heterocycles. The summed E-state index contributed by atoms with van der Waals surface area (Å²) in [7, 11) is 0. The standard InChI is InChI=1S/C17H34N2O2/c1-16(2)5-4-6-17(3)15-19-9-7-18(8-10-19)11-13-21-14-12-20/h5,17,20H,4,6-15H2,1-3H3. The van der Waals surface area contributed by atoms with Crippen molar-refractivity contribution in [1.29, 1.82) is 0 Å². The minimum absolute atomic E-state index is 0.123. The van der Waals surface area contributed by atoms with Crippen LogP contribution in [-0.2, 0) is 4.74 Å². The first-order valence-electron chi connectivity index (χ1n) is 8.38. The molecular formula is C17H34N2O2. The summed E-state index contributed by atoms with van der Waals surface area (Å²) in [5.74, 6) is 0.778. The van der Waals surface area contributed by atoms with Crippen LogP contribution >= 0.6 is 0 Å². The zero-order valence-electron chi connectivity index (χ0n) is 14.2. The Morgan fingerprint density at radius 1 is 1.14 bits per heavy atom. The van der Waals surface area contributed by atoms with Gasteiger partial charge in [-0.2, -0.15) is 0 Å². The van der Waals surface area contributed by atoms with Gasteiger partial charge in [0.05, 0.1) is 19.8 Å². The highest BCUT2D eigenvalue weighted by Gasteiger charge is 2.17. The smallest absolute Gasteiger partial charge is 0.0698 e. The molecule has 1 unspecified atom stereocenters. The molecule has 0 aliphatic carbocycles. The second kappa shape index (κ2) is 11.2. The number of ether oxygens (including phenoxy) is 1. The summed E-state index contributed by atoms with van der Waals surface area (Å²) in [6, 6.07) is 0. The van der Waals surface area contributed by atoms with Crippen molar-refractivity contribution in [2.45, 2.75) is 33.6 Å². The van der Waals surface area contributed by atoms with E-state index in [4.69, 9.17) is 9.84 Å². The second-order valence-corrected chi connectivity index (χ2v) is 6.44. The molecule has 1 aliphatic heterocycles. The van der Waals surface area contributed by atoms with Gasteiger partial charge in [-0.25, -0.2) is 0 Å². The molecule has 124 valence electrons. The molecule has 0 bridgehead atoms. The van der Waals surface area contributed by atoms with Gasteiger partial charge >= 0.3 is 0 Å². The van der Waals surface area contributed by atoms with E-state index >= 15 is 0 Å². The fourth-order valence-corrected chi connectivity index (χ4v) is 2.74. The third-order valence-electron chi connectivity index (χ3n) is 4.03. The van der Waals surface area contributed by atoms with Gasteiger partial charge in [-0.15, -0.1) is 0 Å². The molecule has 1 saturated heterocycles. The summed E-state index contributed by atoms with van der Waals surface area (Å²) in [6.45, 7) is 14.9. The predicted octanol–water partition coefficient (Wildman–Crippen LogP) is 2.00. The van der Waals surface area contributed by atoms with Crippen LogP contribution in [0.15, 0.2) is 11.6 Å². The topological polar surface area (TPSA) is 35.9 Å². The molecule has 0 aromatic carbocycles. The largest absolute Gasteiger partial charge is 0.394 e. The highest BCUT2D eigenvalue weighted by Crippen LogP contribution is 2.11. The Kier molecular flexibility index (Phi) is 9.92. The van der Waals surface area contributed by atoms with E-state index in [9.17, 15) is 0 Å². The fourth-order valence-electron chi connectivity index (χ4n) is 2.74. The van der Waals surface area contributed by atoms with Crippen LogP contribution in [-0.4, -0.2) is 74.0 Å². The quantitative estimate of drug-likeness (QED) is 0.494. The molecule has 1 rings (SSSR count). The van der Waals surface area contributed by atoms with E-state index in [0.717, 1.165) is 32.2 Å². The van der Waals surface area contributed by atoms with E-state index in [-0.39, 0.29) is 6.61 Å². The molecule has 1 N–H and O–H groups in total. The summed E-state index contributed by atoms with van der Waals surface area (Å²) in [5, 5.41) is 8.66. The van der Waals surface area contributed by atoms with Gasteiger partial charge < -0.3 is 14.7 Å². The second-order valence-electron chi connectivity index (χ2n) is 6.44. The van der Waals surface area contributed by atoms with Gasteiger partial charge in [0.25, 0.3) is 0 Å². The number of rotatable bonds is 10.